The van der Waals surface area contributed by atoms with Gasteiger partial charge in [0.2, 0.25) is 0 Å². The summed E-state index contributed by atoms with van der Waals surface area (Å²) >= 11 is 0. The van der Waals surface area contributed by atoms with E-state index in [-0.39, 0.29) is 6.61 Å². The molecule has 1 unspecified atom stereocenters. The second-order valence-electron chi connectivity index (χ2n) is 3.56. The molecule has 0 radical (unpaired) electrons. The van der Waals surface area contributed by atoms with Crippen LogP contribution in [0.2, 0.25) is 0 Å². The molecule has 0 saturated heterocycles. The maximum Gasteiger partial charge on any atom is 0.0897 e. The van der Waals surface area contributed by atoms with E-state index in [1.54, 1.807) is 10.9 Å². The van der Waals surface area contributed by atoms with Gasteiger partial charge in [0.1, 0.15) is 0 Å². The van der Waals surface area contributed by atoms with E-state index < -0.39 is 6.10 Å². The Morgan fingerprint density at radius 3 is 2.86 bits per heavy atom. The van der Waals surface area contributed by atoms with Crippen molar-refractivity contribution in [2.75, 3.05) is 20.2 Å². The molecule has 1 heterocycles. The van der Waals surface area contributed by atoms with E-state index in [1.807, 2.05) is 25.2 Å². The van der Waals surface area contributed by atoms with Gasteiger partial charge in [0.15, 0.2) is 0 Å². The van der Waals surface area contributed by atoms with Gasteiger partial charge in [0.25, 0.3) is 0 Å². The molecular formula is C9H17N3O2. The van der Waals surface area contributed by atoms with Crippen LogP contribution in [0, 0.1) is 0 Å². The molecule has 14 heavy (non-hydrogen) atoms. The molecule has 0 saturated carbocycles. The molecule has 80 valence electrons. The van der Waals surface area contributed by atoms with E-state index in [9.17, 15) is 5.11 Å². The van der Waals surface area contributed by atoms with Crippen molar-refractivity contribution in [3.63, 3.8) is 0 Å². The van der Waals surface area contributed by atoms with Gasteiger partial charge in [-0.3, -0.25) is 9.58 Å². The number of hydrogen-bond acceptors (Lipinski definition) is 4. The SMILES string of the molecule is CN(Cc1cnn(C)c1)CC(O)CO. The molecule has 2 N–H and O–H groups in total. The van der Waals surface area contributed by atoms with Crippen molar-refractivity contribution in [3.8, 4) is 0 Å². The van der Waals surface area contributed by atoms with Gasteiger partial charge < -0.3 is 10.2 Å². The molecule has 0 aromatic carbocycles. The second kappa shape index (κ2) is 5.09. The first-order valence-corrected chi connectivity index (χ1v) is 4.57. The fraction of sp³-hybridized carbons (Fsp3) is 0.667. The molecule has 1 rings (SSSR count). The minimum absolute atomic E-state index is 0.197. The van der Waals surface area contributed by atoms with Gasteiger partial charge in [-0.05, 0) is 7.05 Å². The van der Waals surface area contributed by atoms with Crippen LogP contribution in [0.15, 0.2) is 12.4 Å². The lowest BCUT2D eigenvalue weighted by Gasteiger charge is -2.18. The van der Waals surface area contributed by atoms with Crippen molar-refractivity contribution in [1.29, 1.82) is 0 Å². The monoisotopic (exact) mass is 199 g/mol. The molecule has 0 aliphatic carbocycles. The first-order chi connectivity index (χ1) is 6.61. The normalized spacial score (nSPS) is 13.5. The lowest BCUT2D eigenvalue weighted by molar-refractivity contribution is 0.0648. The van der Waals surface area contributed by atoms with Crippen LogP contribution in [0.3, 0.4) is 0 Å². The second-order valence-corrected chi connectivity index (χ2v) is 3.56. The zero-order valence-corrected chi connectivity index (χ0v) is 8.59. The summed E-state index contributed by atoms with van der Waals surface area (Å²) in [5.74, 6) is 0. The van der Waals surface area contributed by atoms with Crippen LogP contribution in [-0.4, -0.2) is 51.2 Å². The van der Waals surface area contributed by atoms with Crippen molar-refractivity contribution in [2.45, 2.75) is 12.6 Å². The van der Waals surface area contributed by atoms with Gasteiger partial charge in [0, 0.05) is 31.9 Å². The summed E-state index contributed by atoms with van der Waals surface area (Å²) in [6.45, 7) is 0.994. The third-order valence-electron chi connectivity index (χ3n) is 1.94. The summed E-state index contributed by atoms with van der Waals surface area (Å²) in [4.78, 5) is 1.94. The summed E-state index contributed by atoms with van der Waals surface area (Å²) in [6.07, 6.45) is 3.06. The Bertz CT molecular complexity index is 275. The highest BCUT2D eigenvalue weighted by molar-refractivity contribution is 5.02. The Hall–Kier alpha value is -0.910. The largest absolute Gasteiger partial charge is 0.394 e. The molecular weight excluding hydrogens is 182 g/mol. The zero-order chi connectivity index (χ0) is 10.6. The highest BCUT2D eigenvalue weighted by Crippen LogP contribution is 2.01. The lowest BCUT2D eigenvalue weighted by atomic mass is 10.3. The van der Waals surface area contributed by atoms with Gasteiger partial charge in [0.05, 0.1) is 18.9 Å². The van der Waals surface area contributed by atoms with Crippen LogP contribution >= 0.6 is 0 Å². The van der Waals surface area contributed by atoms with Crippen LogP contribution in [0.25, 0.3) is 0 Å². The van der Waals surface area contributed by atoms with Gasteiger partial charge >= 0.3 is 0 Å². The van der Waals surface area contributed by atoms with Gasteiger partial charge in [-0.25, -0.2) is 0 Å². The highest BCUT2D eigenvalue weighted by Gasteiger charge is 2.07. The lowest BCUT2D eigenvalue weighted by Crippen LogP contribution is -2.30. The third kappa shape index (κ3) is 3.45. The molecule has 0 aliphatic heterocycles. The van der Waals surface area contributed by atoms with E-state index >= 15 is 0 Å². The average Bonchev–Trinajstić information content (AvgIpc) is 2.50. The number of aliphatic hydroxyl groups excluding tert-OH is 2. The van der Waals surface area contributed by atoms with Crippen LogP contribution in [0.1, 0.15) is 5.56 Å². The average molecular weight is 199 g/mol. The predicted molar refractivity (Wildman–Crippen MR) is 52.6 cm³/mol. The fourth-order valence-electron chi connectivity index (χ4n) is 1.35. The molecule has 0 spiro atoms. The van der Waals surface area contributed by atoms with Crippen molar-refractivity contribution in [2.24, 2.45) is 7.05 Å². The molecule has 0 bridgehead atoms. The first kappa shape index (κ1) is 11.2. The number of hydrogen-bond donors (Lipinski definition) is 2. The molecule has 0 fully saturated rings. The molecule has 1 atom stereocenters. The standard InChI is InChI=1S/C9H17N3O2/c1-11(6-9(14)7-13)4-8-3-10-12(2)5-8/h3,5,9,13-14H,4,6-7H2,1-2H3. The van der Waals surface area contributed by atoms with E-state index in [1.165, 1.54) is 0 Å². The van der Waals surface area contributed by atoms with Gasteiger partial charge in [-0.15, -0.1) is 0 Å². The Labute approximate surface area is 83.6 Å². The Balaban J connectivity index is 2.37. The van der Waals surface area contributed by atoms with E-state index in [4.69, 9.17) is 5.11 Å². The number of rotatable bonds is 5. The van der Waals surface area contributed by atoms with Crippen LogP contribution in [-0.2, 0) is 13.6 Å². The summed E-state index contributed by atoms with van der Waals surface area (Å²) in [6, 6.07) is 0. The van der Waals surface area contributed by atoms with Gasteiger partial charge in [-0.2, -0.15) is 5.10 Å². The number of likely N-dealkylation sites (N-methyl/N-ethyl adjacent to an activating group) is 1. The molecule has 0 amide bonds. The number of nitrogens with zero attached hydrogens (tertiary/aromatic N) is 3. The predicted octanol–water partition coefficient (Wildman–Crippen LogP) is -0.795. The van der Waals surface area contributed by atoms with Crippen LogP contribution < -0.4 is 0 Å². The Morgan fingerprint density at radius 2 is 2.36 bits per heavy atom. The number of aliphatic hydroxyl groups is 2. The minimum atomic E-state index is -0.670. The van der Waals surface area contributed by atoms with Crippen molar-refractivity contribution < 1.29 is 10.2 Å². The fourth-order valence-corrected chi connectivity index (χ4v) is 1.35. The first-order valence-electron chi connectivity index (χ1n) is 4.57. The van der Waals surface area contributed by atoms with Crippen molar-refractivity contribution in [1.82, 2.24) is 14.7 Å². The summed E-state index contributed by atoms with van der Waals surface area (Å²) in [5, 5.41) is 21.9. The Morgan fingerprint density at radius 1 is 1.64 bits per heavy atom. The van der Waals surface area contributed by atoms with Crippen LogP contribution in [0.4, 0.5) is 0 Å². The quantitative estimate of drug-likeness (QED) is 0.652. The topological polar surface area (TPSA) is 61.5 Å². The van der Waals surface area contributed by atoms with E-state index in [0.717, 1.165) is 12.1 Å². The maximum absolute atomic E-state index is 9.20. The van der Waals surface area contributed by atoms with Crippen molar-refractivity contribution in [3.05, 3.63) is 18.0 Å². The third-order valence-corrected chi connectivity index (χ3v) is 1.94. The summed E-state index contributed by atoms with van der Waals surface area (Å²) in [7, 11) is 3.76. The molecule has 0 aliphatic rings. The van der Waals surface area contributed by atoms with Crippen LogP contribution in [0.5, 0.6) is 0 Å². The molecule has 5 heteroatoms. The number of aryl methyl sites for hydroxylation is 1. The molecule has 5 nitrogen and oxygen atoms in total. The summed E-state index contributed by atoms with van der Waals surface area (Å²) < 4.78 is 1.74. The smallest absolute Gasteiger partial charge is 0.0897 e. The Kier molecular flexibility index (Phi) is 4.06. The zero-order valence-electron chi connectivity index (χ0n) is 8.59. The van der Waals surface area contributed by atoms with Gasteiger partial charge in [-0.1, -0.05) is 0 Å². The molecule has 1 aromatic heterocycles. The van der Waals surface area contributed by atoms with E-state index in [2.05, 4.69) is 5.10 Å². The minimum Gasteiger partial charge on any atom is -0.394 e. The highest BCUT2D eigenvalue weighted by atomic mass is 16.3. The van der Waals surface area contributed by atoms with Crippen molar-refractivity contribution >= 4 is 0 Å². The number of aromatic nitrogens is 2. The van der Waals surface area contributed by atoms with E-state index in [0.29, 0.717) is 6.54 Å². The molecule has 1 aromatic rings. The summed E-state index contributed by atoms with van der Waals surface area (Å²) in [5.41, 5.74) is 1.10. The maximum atomic E-state index is 9.20.